The number of carbonyl (C=O) groups is 4. The van der Waals surface area contributed by atoms with E-state index in [2.05, 4.69) is 21.3 Å². The molecule has 55 heteroatoms. The monoisotopic (exact) mass is 1830 g/mol. The summed E-state index contributed by atoms with van der Waals surface area (Å²) in [6, 6.07) is -7.05. The normalized spacial score (nSPS) is 49.1. The van der Waals surface area contributed by atoms with Gasteiger partial charge in [-0.15, -0.1) is 0 Å². The lowest BCUT2D eigenvalue weighted by Crippen LogP contribution is -2.72. The minimum Gasteiger partial charge on any atom is -0.394 e. The molecule has 10 aliphatic heterocycles. The average molecular weight is 1830 g/mol. The van der Waals surface area contributed by atoms with Crippen molar-refractivity contribution in [2.75, 3.05) is 66.1 Å². The molecule has 55 nitrogen and oxygen atoms in total. The number of carbonyl (C=O) groups excluding carboxylic acids is 4. The molecular formula is C70H118N4O51. The summed E-state index contributed by atoms with van der Waals surface area (Å²) in [6.07, 6.45) is -96.4. The van der Waals surface area contributed by atoms with Gasteiger partial charge in [-0.25, -0.2) is 0 Å². The third kappa shape index (κ3) is 22.9. The quantitative estimate of drug-likeness (QED) is 0.0262. The molecule has 724 valence electrons. The Balaban J connectivity index is 0.900. The van der Waals surface area contributed by atoms with Crippen LogP contribution in [0.3, 0.4) is 0 Å². The maximum absolute atomic E-state index is 13.4. The molecule has 0 aromatic carbocycles. The van der Waals surface area contributed by atoms with Gasteiger partial charge in [0.25, 0.3) is 0 Å². The Morgan fingerprint density at radius 2 is 0.552 bits per heavy atom. The van der Waals surface area contributed by atoms with Crippen LogP contribution >= 0.6 is 0 Å². The zero-order valence-electron chi connectivity index (χ0n) is 67.5. The second-order valence-electron chi connectivity index (χ2n) is 31.6. The molecule has 10 fully saturated rings. The summed E-state index contributed by atoms with van der Waals surface area (Å²) in [7, 11) is 0. The molecule has 0 aromatic rings. The first-order chi connectivity index (χ1) is 59.3. The number of amides is 4. The van der Waals surface area contributed by atoms with E-state index in [9.17, 15) is 157 Å². The summed E-state index contributed by atoms with van der Waals surface area (Å²) in [6.45, 7) is -5.04. The summed E-state index contributed by atoms with van der Waals surface area (Å²) in [4.78, 5) is 50.7. The largest absolute Gasteiger partial charge is 0.394 e. The minimum absolute atomic E-state index is 0.251. The summed E-state index contributed by atoms with van der Waals surface area (Å²) >= 11 is 0. The Kier molecular flexibility index (Phi) is 37.6. The summed E-state index contributed by atoms with van der Waals surface area (Å²) < 4.78 is 119. The van der Waals surface area contributed by atoms with E-state index in [0.717, 1.165) is 20.8 Å². The number of aliphatic hydroxyl groups is 27. The number of nitrogens with one attached hydrogen (secondary N) is 4. The lowest BCUT2D eigenvalue weighted by Gasteiger charge is -2.52. The van der Waals surface area contributed by atoms with Crippen LogP contribution in [0.5, 0.6) is 0 Å². The van der Waals surface area contributed by atoms with Gasteiger partial charge >= 0.3 is 0 Å². The molecule has 0 aromatic heterocycles. The number of hydrogen-bond donors (Lipinski definition) is 31. The van der Waals surface area contributed by atoms with Gasteiger partial charge in [-0.05, 0) is 13.8 Å². The van der Waals surface area contributed by atoms with Gasteiger partial charge in [0.1, 0.15) is 232 Å². The van der Waals surface area contributed by atoms with E-state index >= 15 is 0 Å². The zero-order chi connectivity index (χ0) is 91.9. The highest BCUT2D eigenvalue weighted by Gasteiger charge is 2.63. The van der Waals surface area contributed by atoms with E-state index in [1.54, 1.807) is 0 Å². The number of hydrogen-bond acceptors (Lipinski definition) is 51. The van der Waals surface area contributed by atoms with Gasteiger partial charge < -0.3 is 254 Å². The fourth-order valence-corrected chi connectivity index (χ4v) is 16.1. The third-order valence-corrected chi connectivity index (χ3v) is 23.0. The molecule has 0 spiro atoms. The van der Waals surface area contributed by atoms with E-state index in [0.29, 0.717) is 0 Å². The predicted octanol–water partition coefficient (Wildman–Crippen LogP) is -21.2. The standard InChI is InChI=1S/C70H118N4O51/c1-17-34(88)43(97)47(101)65(107-17)124-59-45(99)36(90)23(7-76)112-69(59)120-55-33(74-21(5)87)63(109-24(8-77)37(55)91)123-58-40(94)27(11-80)113-70(60(58)125-66-48(102)44(98)35(89)18(2)108-66)119-53-29(13-82)115-62(32(42(53)96)73-20(4)86)121-56-38(92)25(9-78)110-67(50(56)104)117-52-28(12-81)114-61(31(41(52)95)72-19(3)85)122-57-39(93)26(10-79)111-68(51(57)105)118-54-30(14-83)116-64(49(103)46(54)100)106-15-22(6-75)71-16-84/h16-18,22-70,75-83,88-105H,6-15H2,1-5H3,(H,71,84)(H,72,85)(H,73,86)(H,74,87)/t17-,18-,22+,23+,24+,25+,26+,27+,28+,29+,30+,31+,32+,33+,34+,35+,36-,37-,38-,39-,40-,41+,42+,43+,44+,45-,46+,47-,48-,49+,50+,51+,52+,53+,54+,55+,56-,57-,58-,59+,60+,61-,62-,63+,64+,65-,66-,67-,68-,69-,70-/m0/s1. The lowest BCUT2D eigenvalue weighted by molar-refractivity contribution is -0.406. The maximum atomic E-state index is 13.4. The van der Waals surface area contributed by atoms with E-state index in [1.807, 2.05) is 0 Å². The molecule has 10 rings (SSSR count). The van der Waals surface area contributed by atoms with E-state index in [-0.39, 0.29) is 6.41 Å². The third-order valence-electron chi connectivity index (χ3n) is 23.0. The highest BCUT2D eigenvalue weighted by molar-refractivity contribution is 5.74. The van der Waals surface area contributed by atoms with E-state index in [1.165, 1.54) is 13.8 Å². The summed E-state index contributed by atoms with van der Waals surface area (Å²) in [5.74, 6) is -2.97. The van der Waals surface area contributed by atoms with Crippen LogP contribution in [0.1, 0.15) is 34.6 Å². The summed E-state index contributed by atoms with van der Waals surface area (Å²) in [5.41, 5.74) is 0. The molecule has 125 heavy (non-hydrogen) atoms. The van der Waals surface area contributed by atoms with Crippen molar-refractivity contribution in [2.24, 2.45) is 0 Å². The van der Waals surface area contributed by atoms with Gasteiger partial charge in [0.2, 0.25) is 24.1 Å². The van der Waals surface area contributed by atoms with Gasteiger partial charge in [-0.2, -0.15) is 0 Å². The Bertz CT molecular complexity index is 3330. The first-order valence-corrected chi connectivity index (χ1v) is 40.1. The van der Waals surface area contributed by atoms with Crippen molar-refractivity contribution >= 4 is 24.1 Å². The second kappa shape index (κ2) is 45.6. The maximum Gasteiger partial charge on any atom is 0.217 e. The molecule has 10 aliphatic rings. The van der Waals surface area contributed by atoms with Gasteiger partial charge in [0, 0.05) is 20.8 Å². The van der Waals surface area contributed by atoms with Crippen molar-refractivity contribution < 1.29 is 252 Å². The van der Waals surface area contributed by atoms with Crippen LogP contribution in [0.4, 0.5) is 0 Å². The van der Waals surface area contributed by atoms with Gasteiger partial charge in [0.15, 0.2) is 62.9 Å². The van der Waals surface area contributed by atoms with Crippen molar-refractivity contribution in [3.63, 3.8) is 0 Å². The number of rotatable bonds is 35. The van der Waals surface area contributed by atoms with Crippen molar-refractivity contribution in [1.29, 1.82) is 0 Å². The SMILES string of the molecule is CC(=O)N[C@H]1[C@H](O[C@H]2[C@@H](O)[C@@H](CO)O[C@@H](O[C@H]3[C@H](O)[C@@H](O)[C@H](OC[C@@H](CO)NC=O)O[C@@H]3CO)[C@@H]2O)O[C@H](CO)[C@@H](O[C@@H]2O[C@H](CO)[C@H](O)[C@H](O[C@@H]3O[C@H](CO)[C@@H](O[C@@H]4O[C@H](CO)[C@H](O)[C@H](O[C@H]5O[C@H](CO)[C@H](O)[C@H](O[C@@H]6O[C@H](CO)[C@H](O)[C@H](O)[C@H]6O[C@@H]6O[C@@H](C)[C@@H](O)[C@@H](O)[C@@H]6O)[C@H]5NC(C)=O)[C@H]4O[C@@H]4O[C@@H](C)[C@@H](O)[C@@H](O)[C@@H]4O)[C@H](O)[C@H]3NC(C)=O)[C@H]2O)[C@@H]1O. The molecule has 0 radical (unpaired) electrons. The van der Waals surface area contributed by atoms with Crippen LogP contribution in [-0.4, -0.2) is 541 Å². The van der Waals surface area contributed by atoms with E-state index in [4.69, 9.17) is 94.7 Å². The number of ether oxygens (including phenoxy) is 20. The van der Waals surface area contributed by atoms with Gasteiger partial charge in [-0.1, -0.05) is 0 Å². The van der Waals surface area contributed by atoms with Crippen LogP contribution in [0.25, 0.3) is 0 Å². The molecule has 0 bridgehead atoms. The molecule has 0 saturated carbocycles. The molecule has 10 heterocycles. The number of aliphatic hydroxyl groups excluding tert-OH is 27. The fraction of sp³-hybridized carbons (Fsp3) is 0.943. The first-order valence-electron chi connectivity index (χ1n) is 40.1. The van der Waals surface area contributed by atoms with Crippen molar-refractivity contribution in [2.45, 2.75) is 348 Å². The second-order valence-corrected chi connectivity index (χ2v) is 31.6. The van der Waals surface area contributed by atoms with Crippen LogP contribution in [0, 0.1) is 0 Å². The van der Waals surface area contributed by atoms with Crippen LogP contribution in [-0.2, 0) is 114 Å². The molecular weight excluding hydrogens is 1710 g/mol. The smallest absolute Gasteiger partial charge is 0.217 e. The van der Waals surface area contributed by atoms with E-state index < -0.39 is 397 Å². The molecule has 51 atom stereocenters. The lowest BCUT2D eigenvalue weighted by atomic mass is 9.93. The van der Waals surface area contributed by atoms with Crippen LogP contribution < -0.4 is 21.3 Å². The Labute approximate surface area is 708 Å². The zero-order valence-corrected chi connectivity index (χ0v) is 67.5. The molecule has 4 amide bonds. The molecule has 31 N–H and O–H groups in total. The Morgan fingerprint density at radius 3 is 0.960 bits per heavy atom. The van der Waals surface area contributed by atoms with Gasteiger partial charge in [0.05, 0.1) is 84.3 Å². The molecule has 0 aliphatic carbocycles. The molecule has 0 unspecified atom stereocenters. The van der Waals surface area contributed by atoms with Crippen molar-refractivity contribution in [1.82, 2.24) is 21.3 Å². The topological polar surface area (TPSA) is 847 Å². The first kappa shape index (κ1) is 103. The highest BCUT2D eigenvalue weighted by atomic mass is 16.8. The van der Waals surface area contributed by atoms with Crippen molar-refractivity contribution in [3.8, 4) is 0 Å². The van der Waals surface area contributed by atoms with Gasteiger partial charge in [-0.3, -0.25) is 19.2 Å². The van der Waals surface area contributed by atoms with Crippen molar-refractivity contribution in [3.05, 3.63) is 0 Å². The highest BCUT2D eigenvalue weighted by Crippen LogP contribution is 2.42. The minimum atomic E-state index is -2.43. The average Bonchev–Trinajstić information content (AvgIpc) is 0.763. The predicted molar refractivity (Wildman–Crippen MR) is 385 cm³/mol. The fourth-order valence-electron chi connectivity index (χ4n) is 16.1. The Hall–Kier alpha value is -4.00. The molecule has 10 saturated heterocycles. The van der Waals surface area contributed by atoms with Crippen LogP contribution in [0.2, 0.25) is 0 Å². The van der Waals surface area contributed by atoms with Crippen LogP contribution in [0.15, 0.2) is 0 Å². The summed E-state index contributed by atoms with van der Waals surface area (Å²) in [5, 5.41) is 312. The Morgan fingerprint density at radius 1 is 0.272 bits per heavy atom.